The molecule has 5 heteroatoms. The van der Waals surface area contributed by atoms with Crippen LogP contribution >= 0.6 is 11.6 Å². The van der Waals surface area contributed by atoms with Crippen molar-refractivity contribution in [2.45, 2.75) is 6.92 Å². The fraction of sp³-hybridized carbons (Fsp3) is 0.154. The first-order valence-corrected chi connectivity index (χ1v) is 5.93. The molecule has 0 N–H and O–H groups in total. The molecule has 0 unspecified atom stereocenters. The number of aryl methyl sites for hydroxylation is 2. The predicted octanol–water partition coefficient (Wildman–Crippen LogP) is 2.99. The highest BCUT2D eigenvalue weighted by Crippen LogP contribution is 2.28. The fourth-order valence-corrected chi connectivity index (χ4v) is 2.21. The summed E-state index contributed by atoms with van der Waals surface area (Å²) in [5.74, 6) is 0.603. The Kier molecular flexibility index (Phi) is 2.52. The van der Waals surface area contributed by atoms with Gasteiger partial charge in [-0.05, 0) is 30.7 Å². The van der Waals surface area contributed by atoms with Crippen molar-refractivity contribution in [3.05, 3.63) is 41.6 Å². The van der Waals surface area contributed by atoms with Crippen molar-refractivity contribution in [3.63, 3.8) is 0 Å². The molecule has 90 valence electrons. The summed E-state index contributed by atoms with van der Waals surface area (Å²) < 4.78 is 2.06. The number of rotatable bonds is 1. The van der Waals surface area contributed by atoms with Crippen LogP contribution in [0.2, 0.25) is 5.28 Å². The maximum absolute atomic E-state index is 5.81. The molecule has 2 aromatic heterocycles. The van der Waals surface area contributed by atoms with Crippen LogP contribution in [0.5, 0.6) is 0 Å². The molecule has 0 aliphatic carbocycles. The normalized spacial score (nSPS) is 11.1. The quantitative estimate of drug-likeness (QED) is 0.674. The number of nitrogens with zero attached hydrogens (tertiary/aromatic N) is 4. The molecule has 18 heavy (non-hydrogen) atoms. The highest BCUT2D eigenvalue weighted by molar-refractivity contribution is 6.28. The van der Waals surface area contributed by atoms with Crippen molar-refractivity contribution < 1.29 is 0 Å². The lowest BCUT2D eigenvalue weighted by Gasteiger charge is -1.99. The second-order valence-electron chi connectivity index (χ2n) is 4.25. The van der Waals surface area contributed by atoms with E-state index in [0.29, 0.717) is 5.82 Å². The molecule has 3 rings (SSSR count). The second kappa shape index (κ2) is 4.07. The van der Waals surface area contributed by atoms with Crippen LogP contribution in [0.25, 0.3) is 22.3 Å². The van der Waals surface area contributed by atoms with Crippen LogP contribution in [-0.2, 0) is 7.05 Å². The highest BCUT2D eigenvalue weighted by atomic mass is 35.5. The molecular formula is C13H11ClN4. The van der Waals surface area contributed by atoms with E-state index in [1.165, 1.54) is 11.9 Å². The zero-order valence-electron chi connectivity index (χ0n) is 10.1. The van der Waals surface area contributed by atoms with E-state index in [9.17, 15) is 0 Å². The summed E-state index contributed by atoms with van der Waals surface area (Å²) in [6, 6.07) is 6.31. The molecule has 0 spiro atoms. The minimum Gasteiger partial charge on any atom is -0.350 e. The lowest BCUT2D eigenvalue weighted by molar-refractivity contribution is 0.966. The van der Waals surface area contributed by atoms with Gasteiger partial charge in [0.2, 0.25) is 5.28 Å². The number of benzene rings is 1. The van der Waals surface area contributed by atoms with Crippen molar-refractivity contribution in [2.24, 2.45) is 7.05 Å². The average Bonchev–Trinajstić information content (AvgIpc) is 2.66. The van der Waals surface area contributed by atoms with Crippen molar-refractivity contribution >= 4 is 22.5 Å². The molecule has 0 atom stereocenters. The summed E-state index contributed by atoms with van der Waals surface area (Å²) in [7, 11) is 2.00. The van der Waals surface area contributed by atoms with E-state index in [4.69, 9.17) is 11.6 Å². The summed E-state index contributed by atoms with van der Waals surface area (Å²) in [5, 5.41) is 1.34. The second-order valence-corrected chi connectivity index (χ2v) is 4.59. The van der Waals surface area contributed by atoms with Crippen LogP contribution in [0, 0.1) is 6.92 Å². The zero-order valence-corrected chi connectivity index (χ0v) is 10.8. The first-order chi connectivity index (χ1) is 8.65. The van der Waals surface area contributed by atoms with Crippen molar-refractivity contribution in [1.82, 2.24) is 19.5 Å². The zero-order chi connectivity index (χ0) is 12.7. The standard InChI is InChI=1S/C13H11ClN4/c1-8-3-4-11-9(5-8)10(6-18(11)2)12-15-7-16-13(14)17-12/h3-7H,1-2H3. The van der Waals surface area contributed by atoms with Crippen molar-refractivity contribution in [2.75, 3.05) is 0 Å². The third-order valence-corrected chi connectivity index (χ3v) is 3.11. The Hall–Kier alpha value is -1.94. The third-order valence-electron chi connectivity index (χ3n) is 2.93. The van der Waals surface area contributed by atoms with Gasteiger partial charge in [-0.3, -0.25) is 0 Å². The van der Waals surface area contributed by atoms with Crippen LogP contribution in [0.15, 0.2) is 30.7 Å². The molecule has 1 aromatic carbocycles. The van der Waals surface area contributed by atoms with Crippen LogP contribution in [0.1, 0.15) is 5.56 Å². The number of aromatic nitrogens is 4. The molecule has 0 amide bonds. The molecule has 0 saturated heterocycles. The van der Waals surface area contributed by atoms with Gasteiger partial charge in [-0.25, -0.2) is 9.97 Å². The van der Waals surface area contributed by atoms with Gasteiger partial charge in [-0.1, -0.05) is 11.6 Å². The summed E-state index contributed by atoms with van der Waals surface area (Å²) in [4.78, 5) is 12.2. The lowest BCUT2D eigenvalue weighted by atomic mass is 10.1. The Labute approximate surface area is 109 Å². The Balaban J connectivity index is 2.32. The molecular weight excluding hydrogens is 248 g/mol. The first-order valence-electron chi connectivity index (χ1n) is 5.56. The third kappa shape index (κ3) is 1.75. The van der Waals surface area contributed by atoms with E-state index < -0.39 is 0 Å². The molecule has 0 aliphatic heterocycles. The van der Waals surface area contributed by atoms with E-state index in [1.807, 2.05) is 13.2 Å². The van der Waals surface area contributed by atoms with Gasteiger partial charge in [0.25, 0.3) is 0 Å². The van der Waals surface area contributed by atoms with Gasteiger partial charge >= 0.3 is 0 Å². The van der Waals surface area contributed by atoms with Gasteiger partial charge in [0.1, 0.15) is 6.33 Å². The fourth-order valence-electron chi connectivity index (χ4n) is 2.09. The number of hydrogen-bond donors (Lipinski definition) is 0. The largest absolute Gasteiger partial charge is 0.350 e. The molecule has 2 heterocycles. The van der Waals surface area contributed by atoms with E-state index in [0.717, 1.165) is 16.5 Å². The average molecular weight is 259 g/mol. The number of fused-ring (bicyclic) bond motifs is 1. The topological polar surface area (TPSA) is 43.6 Å². The minimum absolute atomic E-state index is 0.213. The molecule has 0 fully saturated rings. The van der Waals surface area contributed by atoms with E-state index in [2.05, 4.69) is 44.6 Å². The summed E-state index contributed by atoms with van der Waals surface area (Å²) in [6.45, 7) is 2.07. The summed E-state index contributed by atoms with van der Waals surface area (Å²) in [6.07, 6.45) is 3.44. The van der Waals surface area contributed by atoms with E-state index >= 15 is 0 Å². The number of halogens is 1. The van der Waals surface area contributed by atoms with E-state index in [1.54, 1.807) is 0 Å². The molecule has 4 nitrogen and oxygen atoms in total. The van der Waals surface area contributed by atoms with Crippen molar-refractivity contribution in [1.29, 1.82) is 0 Å². The Morgan fingerprint density at radius 1 is 1.22 bits per heavy atom. The van der Waals surface area contributed by atoms with Gasteiger partial charge in [0.05, 0.1) is 0 Å². The highest BCUT2D eigenvalue weighted by Gasteiger charge is 2.11. The van der Waals surface area contributed by atoms with Gasteiger partial charge in [-0.15, -0.1) is 0 Å². The number of hydrogen-bond acceptors (Lipinski definition) is 3. The minimum atomic E-state index is 0.213. The summed E-state index contributed by atoms with van der Waals surface area (Å²) in [5.41, 5.74) is 3.32. The molecule has 3 aromatic rings. The predicted molar refractivity (Wildman–Crippen MR) is 71.5 cm³/mol. The Bertz CT molecular complexity index is 733. The maximum Gasteiger partial charge on any atom is 0.225 e. The monoisotopic (exact) mass is 258 g/mol. The Morgan fingerprint density at radius 2 is 2.06 bits per heavy atom. The molecule has 0 radical (unpaired) electrons. The van der Waals surface area contributed by atoms with Crippen LogP contribution in [-0.4, -0.2) is 19.5 Å². The molecule has 0 bridgehead atoms. The SMILES string of the molecule is Cc1ccc2c(c1)c(-c1ncnc(Cl)n1)cn2C. The van der Waals surface area contributed by atoms with Crippen molar-refractivity contribution in [3.8, 4) is 11.4 Å². The van der Waals surface area contributed by atoms with Crippen LogP contribution in [0.4, 0.5) is 0 Å². The molecule has 0 saturated carbocycles. The summed E-state index contributed by atoms with van der Waals surface area (Å²) >= 11 is 5.81. The first kappa shape index (κ1) is 11.2. The molecule has 0 aliphatic rings. The lowest BCUT2D eigenvalue weighted by Crippen LogP contribution is -1.90. The van der Waals surface area contributed by atoms with Gasteiger partial charge in [-0.2, -0.15) is 4.98 Å². The maximum atomic E-state index is 5.81. The van der Waals surface area contributed by atoms with Crippen LogP contribution < -0.4 is 0 Å². The van der Waals surface area contributed by atoms with Gasteiger partial charge < -0.3 is 4.57 Å². The van der Waals surface area contributed by atoms with E-state index in [-0.39, 0.29) is 5.28 Å². The Morgan fingerprint density at radius 3 is 2.83 bits per heavy atom. The van der Waals surface area contributed by atoms with Gasteiger partial charge in [0, 0.05) is 29.7 Å². The smallest absolute Gasteiger partial charge is 0.225 e. The van der Waals surface area contributed by atoms with Gasteiger partial charge in [0.15, 0.2) is 5.82 Å². The van der Waals surface area contributed by atoms with Crippen LogP contribution in [0.3, 0.4) is 0 Å².